The second-order valence-corrected chi connectivity index (χ2v) is 9.75. The minimum Gasteiger partial charge on any atom is -0.488 e. The summed E-state index contributed by atoms with van der Waals surface area (Å²) < 4.78 is 27.4. The van der Waals surface area contributed by atoms with Crippen molar-refractivity contribution < 1.29 is 19.0 Å². The zero-order valence-electron chi connectivity index (χ0n) is 19.6. The molecule has 0 spiro atoms. The van der Waals surface area contributed by atoms with Crippen molar-refractivity contribution >= 4 is 39.8 Å². The Morgan fingerprint density at radius 2 is 1.89 bits per heavy atom. The number of ether oxygens (including phenoxy) is 2. The SMILES string of the molecule is Cc1ncc(COc2cc(F)cc(Oc3ccc(-c4nn(C(CO)CCl)c5ncnc(N)c45)cc3)c2)s1. The number of nitrogen functional groups attached to an aromatic ring is 1. The number of alkyl halides is 1. The number of thiazole rings is 1. The van der Waals surface area contributed by atoms with E-state index in [1.54, 1.807) is 41.2 Å². The molecule has 3 aromatic heterocycles. The molecule has 0 radical (unpaired) electrons. The molecule has 0 fully saturated rings. The molecule has 2 aromatic carbocycles. The zero-order chi connectivity index (χ0) is 25.9. The monoisotopic (exact) mass is 540 g/mol. The lowest BCUT2D eigenvalue weighted by molar-refractivity contribution is 0.234. The summed E-state index contributed by atoms with van der Waals surface area (Å²) in [4.78, 5) is 13.5. The number of aliphatic hydroxyl groups excluding tert-OH is 1. The number of halogens is 2. The maximum atomic E-state index is 14.2. The van der Waals surface area contributed by atoms with E-state index in [1.807, 2.05) is 6.92 Å². The second kappa shape index (κ2) is 10.7. The van der Waals surface area contributed by atoms with Crippen LogP contribution in [0.2, 0.25) is 0 Å². The molecule has 5 rings (SSSR count). The molecule has 0 aliphatic rings. The third-order valence-corrected chi connectivity index (χ3v) is 6.75. The predicted molar refractivity (Wildman–Crippen MR) is 140 cm³/mol. The summed E-state index contributed by atoms with van der Waals surface area (Å²) in [7, 11) is 0. The Morgan fingerprint density at radius 3 is 2.59 bits per heavy atom. The smallest absolute Gasteiger partial charge is 0.164 e. The summed E-state index contributed by atoms with van der Waals surface area (Å²) in [5.74, 6) is 1.06. The van der Waals surface area contributed by atoms with Crippen LogP contribution in [0.15, 0.2) is 55.0 Å². The van der Waals surface area contributed by atoms with Gasteiger partial charge in [0.1, 0.15) is 47.5 Å². The lowest BCUT2D eigenvalue weighted by Crippen LogP contribution is -2.16. The highest BCUT2D eigenvalue weighted by Gasteiger charge is 2.21. The molecule has 3 heterocycles. The normalized spacial score (nSPS) is 12.1. The number of aliphatic hydroxyl groups is 1. The van der Waals surface area contributed by atoms with Gasteiger partial charge in [0.15, 0.2) is 5.65 Å². The van der Waals surface area contributed by atoms with E-state index in [0.717, 1.165) is 15.4 Å². The summed E-state index contributed by atoms with van der Waals surface area (Å²) in [6, 6.07) is 10.8. The quantitative estimate of drug-likeness (QED) is 0.247. The highest BCUT2D eigenvalue weighted by Crippen LogP contribution is 2.34. The Bertz CT molecular complexity index is 1540. The first-order valence-electron chi connectivity index (χ1n) is 11.2. The van der Waals surface area contributed by atoms with Crippen molar-refractivity contribution in [3.05, 3.63) is 70.7 Å². The average Bonchev–Trinajstić information content (AvgIpc) is 3.48. The van der Waals surface area contributed by atoms with E-state index in [0.29, 0.717) is 34.0 Å². The lowest BCUT2D eigenvalue weighted by atomic mass is 10.1. The Kier molecular flexibility index (Phi) is 7.17. The third-order valence-electron chi connectivity index (χ3n) is 5.51. The predicted octanol–water partition coefficient (Wildman–Crippen LogP) is 5.12. The molecular weight excluding hydrogens is 519 g/mol. The van der Waals surface area contributed by atoms with E-state index in [2.05, 4.69) is 20.1 Å². The summed E-state index contributed by atoms with van der Waals surface area (Å²) in [5.41, 5.74) is 7.89. The number of rotatable bonds is 9. The summed E-state index contributed by atoms with van der Waals surface area (Å²) >= 11 is 7.54. The van der Waals surface area contributed by atoms with Gasteiger partial charge in [-0.25, -0.2) is 24.0 Å². The van der Waals surface area contributed by atoms with Crippen LogP contribution in [0.5, 0.6) is 17.2 Å². The first-order chi connectivity index (χ1) is 17.9. The van der Waals surface area contributed by atoms with Crippen molar-refractivity contribution in [3.8, 4) is 28.5 Å². The molecule has 1 unspecified atom stereocenters. The van der Waals surface area contributed by atoms with E-state index in [-0.39, 0.29) is 24.9 Å². The van der Waals surface area contributed by atoms with Gasteiger partial charge in [0, 0.05) is 35.8 Å². The van der Waals surface area contributed by atoms with Crippen LogP contribution in [0, 0.1) is 12.7 Å². The molecule has 0 saturated heterocycles. The summed E-state index contributed by atoms with van der Waals surface area (Å²) in [6.07, 6.45) is 3.08. The molecule has 0 aliphatic carbocycles. The van der Waals surface area contributed by atoms with Gasteiger partial charge in [0.25, 0.3) is 0 Å². The van der Waals surface area contributed by atoms with Gasteiger partial charge in [-0.15, -0.1) is 22.9 Å². The summed E-state index contributed by atoms with van der Waals surface area (Å²) in [5, 5.41) is 15.8. The Balaban J connectivity index is 1.38. The van der Waals surface area contributed by atoms with Crippen LogP contribution >= 0.6 is 22.9 Å². The van der Waals surface area contributed by atoms with Crippen molar-refractivity contribution in [2.75, 3.05) is 18.2 Å². The van der Waals surface area contributed by atoms with Crippen LogP contribution in [-0.2, 0) is 6.61 Å². The molecule has 5 aromatic rings. The molecule has 37 heavy (non-hydrogen) atoms. The Morgan fingerprint density at radius 1 is 1.11 bits per heavy atom. The van der Waals surface area contributed by atoms with Gasteiger partial charge >= 0.3 is 0 Å². The van der Waals surface area contributed by atoms with Gasteiger partial charge in [0.05, 0.1) is 27.9 Å². The fourth-order valence-corrected chi connectivity index (χ4v) is 4.70. The van der Waals surface area contributed by atoms with Gasteiger partial charge < -0.3 is 20.3 Å². The van der Waals surface area contributed by atoms with Crippen molar-refractivity contribution in [1.29, 1.82) is 0 Å². The van der Waals surface area contributed by atoms with Crippen LogP contribution in [0.4, 0.5) is 10.2 Å². The fraction of sp³-hybridized carbons (Fsp3) is 0.200. The number of hydrogen-bond acceptors (Lipinski definition) is 9. The zero-order valence-corrected chi connectivity index (χ0v) is 21.2. The number of hydrogen-bond donors (Lipinski definition) is 2. The van der Waals surface area contributed by atoms with E-state index in [1.165, 1.54) is 29.8 Å². The van der Waals surface area contributed by atoms with Crippen molar-refractivity contribution in [1.82, 2.24) is 24.7 Å². The molecule has 0 amide bonds. The molecule has 0 saturated carbocycles. The van der Waals surface area contributed by atoms with Gasteiger partial charge in [-0.05, 0) is 31.2 Å². The molecular formula is C25H22ClFN6O3S. The van der Waals surface area contributed by atoms with Gasteiger partial charge in [-0.2, -0.15) is 5.10 Å². The number of aryl methyl sites for hydroxylation is 1. The Hall–Kier alpha value is -3.80. The number of benzene rings is 2. The van der Waals surface area contributed by atoms with Gasteiger partial charge in [-0.3, -0.25) is 0 Å². The van der Waals surface area contributed by atoms with E-state index in [9.17, 15) is 9.50 Å². The maximum Gasteiger partial charge on any atom is 0.164 e. The minimum absolute atomic E-state index is 0.145. The largest absolute Gasteiger partial charge is 0.488 e. The fourth-order valence-electron chi connectivity index (χ4n) is 3.77. The van der Waals surface area contributed by atoms with Crippen LogP contribution in [0.3, 0.4) is 0 Å². The van der Waals surface area contributed by atoms with E-state index in [4.69, 9.17) is 26.8 Å². The molecule has 0 aliphatic heterocycles. The second-order valence-electron chi connectivity index (χ2n) is 8.12. The van der Waals surface area contributed by atoms with Crippen LogP contribution in [0.25, 0.3) is 22.3 Å². The maximum absolute atomic E-state index is 14.2. The van der Waals surface area contributed by atoms with E-state index < -0.39 is 11.9 Å². The first kappa shape index (κ1) is 24.9. The number of nitrogens with two attached hydrogens (primary N) is 1. The third kappa shape index (κ3) is 5.33. The van der Waals surface area contributed by atoms with Crippen LogP contribution in [-0.4, -0.2) is 42.3 Å². The number of nitrogens with zero attached hydrogens (tertiary/aromatic N) is 5. The van der Waals surface area contributed by atoms with Crippen LogP contribution < -0.4 is 15.2 Å². The highest BCUT2D eigenvalue weighted by atomic mass is 35.5. The molecule has 3 N–H and O–H groups in total. The molecule has 0 bridgehead atoms. The molecule has 1 atom stereocenters. The summed E-state index contributed by atoms with van der Waals surface area (Å²) in [6.45, 7) is 1.99. The number of aromatic nitrogens is 5. The Labute approximate surface area is 220 Å². The van der Waals surface area contributed by atoms with Gasteiger partial charge in [-0.1, -0.05) is 0 Å². The molecule has 190 valence electrons. The average molecular weight is 541 g/mol. The minimum atomic E-state index is -0.477. The number of fused-ring (bicyclic) bond motifs is 1. The van der Waals surface area contributed by atoms with Crippen molar-refractivity contribution in [2.45, 2.75) is 19.6 Å². The number of anilines is 1. The van der Waals surface area contributed by atoms with Gasteiger partial charge in [0.2, 0.25) is 0 Å². The molecule has 9 nitrogen and oxygen atoms in total. The van der Waals surface area contributed by atoms with Crippen molar-refractivity contribution in [3.63, 3.8) is 0 Å². The lowest BCUT2D eigenvalue weighted by Gasteiger charge is -2.11. The first-order valence-corrected chi connectivity index (χ1v) is 12.6. The topological polar surface area (TPSA) is 121 Å². The standard InChI is InChI=1S/C25H22ClFN6O3S/c1-14-29-10-21(37-14)12-35-19-6-16(27)7-20(8-19)36-18-4-2-15(3-5-18)23-22-24(28)30-13-31-25(22)33(32-23)17(9-26)11-34/h2-8,10,13,17,34H,9,11-12H2,1H3,(H2,28,30,31). The molecule has 12 heteroatoms. The van der Waals surface area contributed by atoms with Crippen molar-refractivity contribution in [2.24, 2.45) is 0 Å². The van der Waals surface area contributed by atoms with E-state index >= 15 is 0 Å². The highest BCUT2D eigenvalue weighted by molar-refractivity contribution is 7.11. The van der Waals surface area contributed by atoms with Crippen LogP contribution in [0.1, 0.15) is 15.9 Å².